The molecule has 2 N–H and O–H groups in total. The first-order valence-corrected chi connectivity index (χ1v) is 21.5. The van der Waals surface area contributed by atoms with Crippen molar-refractivity contribution in [2.45, 2.75) is 58.4 Å². The van der Waals surface area contributed by atoms with Gasteiger partial charge in [0.1, 0.15) is 51.9 Å². The molecule has 1 aliphatic rings. The minimum Gasteiger partial charge on any atom is -0.495 e. The summed E-state index contributed by atoms with van der Waals surface area (Å²) in [5, 5.41) is 25.7. The summed E-state index contributed by atoms with van der Waals surface area (Å²) in [4.78, 5) is 51.0. The van der Waals surface area contributed by atoms with Gasteiger partial charge in [-0.1, -0.05) is 81.8 Å². The lowest BCUT2D eigenvalue weighted by Gasteiger charge is -2.51. The van der Waals surface area contributed by atoms with Crippen molar-refractivity contribution < 1.29 is 33.8 Å². The van der Waals surface area contributed by atoms with Crippen LogP contribution in [0.5, 0.6) is 11.5 Å². The van der Waals surface area contributed by atoms with Crippen LogP contribution >= 0.6 is 23.2 Å². The van der Waals surface area contributed by atoms with Crippen molar-refractivity contribution in [1.82, 2.24) is 14.9 Å². The van der Waals surface area contributed by atoms with Crippen molar-refractivity contribution in [2.75, 3.05) is 56.3 Å². The predicted octanol–water partition coefficient (Wildman–Crippen LogP) is 9.01. The van der Waals surface area contributed by atoms with Gasteiger partial charge < -0.3 is 24.6 Å². The fourth-order valence-corrected chi connectivity index (χ4v) is 7.67. The first-order chi connectivity index (χ1) is 25.3. The number of anilines is 4. The zero-order valence-corrected chi connectivity index (χ0v) is 34.4. The third-order valence-corrected chi connectivity index (χ3v) is 11.6. The Morgan fingerprint density at radius 1 is 1.09 bits per heavy atom. The van der Waals surface area contributed by atoms with Crippen molar-refractivity contribution >= 4 is 72.1 Å². The summed E-state index contributed by atoms with van der Waals surface area (Å²) >= 11 is 13.5. The Labute approximate surface area is 326 Å². The van der Waals surface area contributed by atoms with E-state index in [1.807, 2.05) is 32.9 Å². The first kappa shape index (κ1) is 42.1. The molecule has 1 unspecified atom stereocenters. The number of ether oxygens (including phenoxy) is 3. The normalized spacial score (nSPS) is 15.8. The largest absolute Gasteiger partial charge is 0.495 e. The highest BCUT2D eigenvalue weighted by Crippen LogP contribution is 2.49. The number of halogens is 2. The number of aromatic nitrogens is 2. The number of methoxy groups -OCH3 is 2. The van der Waals surface area contributed by atoms with E-state index in [-0.39, 0.29) is 63.5 Å². The van der Waals surface area contributed by atoms with E-state index in [2.05, 4.69) is 34.9 Å². The van der Waals surface area contributed by atoms with Crippen LogP contribution in [-0.4, -0.2) is 86.2 Å². The van der Waals surface area contributed by atoms with Crippen LogP contribution in [0.2, 0.25) is 35.7 Å². The summed E-state index contributed by atoms with van der Waals surface area (Å²) in [7, 11) is 2.87. The summed E-state index contributed by atoms with van der Waals surface area (Å²) in [6.07, 6.45) is 4.31. The van der Waals surface area contributed by atoms with Crippen LogP contribution in [0, 0.1) is 15.5 Å². The summed E-state index contributed by atoms with van der Waals surface area (Å²) in [5.74, 6) is 0.713. The van der Waals surface area contributed by atoms with Crippen molar-refractivity contribution in [3.8, 4) is 11.5 Å². The molecule has 18 heteroatoms. The van der Waals surface area contributed by atoms with E-state index in [4.69, 9.17) is 37.4 Å². The van der Waals surface area contributed by atoms with Crippen LogP contribution in [0.3, 0.4) is 0 Å². The average molecular weight is 805 g/mol. The molecule has 1 atom stereocenters. The zero-order valence-electron chi connectivity index (χ0n) is 31.9. The first-order valence-electron chi connectivity index (χ1n) is 17.1. The second-order valence-corrected chi connectivity index (χ2v) is 21.3. The highest BCUT2D eigenvalue weighted by Gasteiger charge is 2.50. The maximum Gasteiger partial charge on any atom is 0.408 e. The van der Waals surface area contributed by atoms with E-state index in [1.54, 1.807) is 6.07 Å². The third kappa shape index (κ3) is 8.83. The fraction of sp³-hybridized carbons (Fsp3) is 0.444. The molecule has 3 amide bonds. The molecule has 0 spiro atoms. The molecule has 54 heavy (non-hydrogen) atoms. The number of urea groups is 1. The van der Waals surface area contributed by atoms with Gasteiger partial charge in [-0.2, -0.15) is 0 Å². The van der Waals surface area contributed by atoms with Gasteiger partial charge in [-0.15, -0.1) is 0 Å². The van der Waals surface area contributed by atoms with Crippen LogP contribution in [0.25, 0.3) is 0 Å². The standard InChI is InChI=1S/C36H47Cl2N7O8Si/c1-35(2,3)36(14-10-11-15-44(36)34(47)48)23-12-13-24(25(18-23)45(49)50)41-28-20-29(40-21-39-28)42(4)33(46)43(22-53-16-17-54(7,8)9)32-30(37)26(51-5)19-27(52-6)31(32)38/h10,12-14,18-21H,11,15-17,22H2,1-9H3,(H,47,48)(H,39,40,41). The van der Waals surface area contributed by atoms with Crippen LogP contribution in [0.15, 0.2) is 48.8 Å². The van der Waals surface area contributed by atoms with Crippen molar-refractivity contribution in [2.24, 2.45) is 5.41 Å². The van der Waals surface area contributed by atoms with Crippen LogP contribution in [-0.2, 0) is 10.3 Å². The molecule has 0 radical (unpaired) electrons. The zero-order chi connectivity index (χ0) is 40.2. The highest BCUT2D eigenvalue weighted by atomic mass is 35.5. The van der Waals surface area contributed by atoms with Crippen LogP contribution in [0.1, 0.15) is 32.8 Å². The number of carboxylic acid groups (broad SMARTS) is 1. The molecule has 0 saturated carbocycles. The quantitative estimate of drug-likeness (QED) is 0.0422. The number of nitrogens with one attached hydrogen (secondary N) is 1. The lowest BCUT2D eigenvalue weighted by atomic mass is 9.66. The van der Waals surface area contributed by atoms with Gasteiger partial charge >= 0.3 is 12.1 Å². The van der Waals surface area contributed by atoms with E-state index < -0.39 is 36.1 Å². The van der Waals surface area contributed by atoms with Crippen LogP contribution in [0.4, 0.5) is 38.3 Å². The Kier molecular flexibility index (Phi) is 13.1. The maximum absolute atomic E-state index is 14.3. The minimum atomic E-state index is -1.47. The Bertz CT molecular complexity index is 1890. The van der Waals surface area contributed by atoms with E-state index in [9.17, 15) is 24.8 Å². The summed E-state index contributed by atoms with van der Waals surface area (Å²) in [6.45, 7) is 12.7. The van der Waals surface area contributed by atoms with Crippen molar-refractivity contribution in [3.05, 3.63) is 74.5 Å². The van der Waals surface area contributed by atoms with Gasteiger partial charge in [0.15, 0.2) is 0 Å². The van der Waals surface area contributed by atoms with E-state index in [1.165, 1.54) is 66.6 Å². The highest BCUT2D eigenvalue weighted by molar-refractivity contribution is 6.76. The Morgan fingerprint density at radius 2 is 1.74 bits per heavy atom. The molecular formula is C36H47Cl2N7O8Si. The minimum absolute atomic E-state index is 0.0584. The van der Waals surface area contributed by atoms with Gasteiger partial charge in [0.05, 0.1) is 30.4 Å². The SMILES string of the molecule is COc1cc(OC)c(Cl)c(N(COCC[Si](C)(C)C)C(=O)N(C)c2cc(Nc3ccc(C4(C(C)(C)C)C=CCCN4C(=O)O)cc3[N+](=O)[O-])ncn2)c1Cl. The van der Waals surface area contributed by atoms with E-state index >= 15 is 0 Å². The molecule has 15 nitrogen and oxygen atoms in total. The smallest absolute Gasteiger partial charge is 0.408 e. The summed E-state index contributed by atoms with van der Waals surface area (Å²) in [6, 6.07) is 7.73. The molecule has 0 saturated heterocycles. The number of hydrogen-bond acceptors (Lipinski definition) is 10. The molecule has 0 aliphatic carbocycles. The van der Waals surface area contributed by atoms with E-state index in [0.717, 1.165) is 6.04 Å². The number of nitrogens with zero attached hydrogens (tertiary/aromatic N) is 6. The molecule has 2 heterocycles. The second-order valence-electron chi connectivity index (χ2n) is 14.9. The van der Waals surface area contributed by atoms with Gasteiger partial charge in [-0.05, 0) is 29.5 Å². The van der Waals surface area contributed by atoms with Gasteiger partial charge in [0, 0.05) is 46.5 Å². The number of benzene rings is 2. The number of amides is 3. The molecule has 1 aliphatic heterocycles. The molecular weight excluding hydrogens is 757 g/mol. The number of carbonyl (C=O) groups is 2. The second kappa shape index (κ2) is 16.8. The number of rotatable bonds is 13. The Balaban J connectivity index is 1.71. The number of carbonyl (C=O) groups excluding carboxylic acids is 1. The number of nitro benzene ring substituents is 1. The predicted molar refractivity (Wildman–Crippen MR) is 213 cm³/mol. The number of nitro groups is 1. The monoisotopic (exact) mass is 803 g/mol. The molecule has 2 aromatic carbocycles. The molecule has 4 rings (SSSR count). The topological polar surface area (TPSA) is 173 Å². The van der Waals surface area contributed by atoms with Crippen molar-refractivity contribution in [3.63, 3.8) is 0 Å². The van der Waals surface area contributed by atoms with Gasteiger partial charge in [0.25, 0.3) is 5.69 Å². The summed E-state index contributed by atoms with van der Waals surface area (Å²) in [5.41, 5.74) is -1.51. The van der Waals surface area contributed by atoms with Crippen LogP contribution < -0.4 is 24.6 Å². The van der Waals surface area contributed by atoms with Crippen molar-refractivity contribution in [1.29, 1.82) is 0 Å². The molecule has 3 aromatic rings. The lowest BCUT2D eigenvalue weighted by molar-refractivity contribution is -0.384. The Hall–Kier alpha value is -4.64. The average Bonchev–Trinajstić information content (AvgIpc) is 3.11. The Morgan fingerprint density at radius 3 is 2.30 bits per heavy atom. The third-order valence-electron chi connectivity index (χ3n) is 9.13. The number of hydrogen-bond donors (Lipinski definition) is 2. The lowest BCUT2D eigenvalue weighted by Crippen LogP contribution is -2.57. The maximum atomic E-state index is 14.3. The fourth-order valence-electron chi connectivity index (χ4n) is 6.21. The molecule has 292 valence electrons. The van der Waals surface area contributed by atoms with Gasteiger partial charge in [0.2, 0.25) is 0 Å². The summed E-state index contributed by atoms with van der Waals surface area (Å²) < 4.78 is 16.9. The van der Waals surface area contributed by atoms with Gasteiger partial charge in [-0.25, -0.2) is 19.6 Å². The van der Waals surface area contributed by atoms with Gasteiger partial charge in [-0.3, -0.25) is 24.8 Å². The molecule has 0 fully saturated rings. The molecule has 1 aromatic heterocycles. The van der Waals surface area contributed by atoms with E-state index in [0.29, 0.717) is 18.6 Å². The molecule has 0 bridgehead atoms.